The summed E-state index contributed by atoms with van der Waals surface area (Å²) in [6, 6.07) is 8.32. The zero-order chi connectivity index (χ0) is 21.0. The maximum Gasteiger partial charge on any atom is 0.416 e. The van der Waals surface area contributed by atoms with Crippen LogP contribution in [0.3, 0.4) is 0 Å². The van der Waals surface area contributed by atoms with Gasteiger partial charge in [0.05, 0.1) is 5.56 Å². The molecule has 8 heteroatoms. The lowest BCUT2D eigenvalue weighted by molar-refractivity contribution is -0.137. The van der Waals surface area contributed by atoms with E-state index in [1.807, 2.05) is 11.0 Å². The fourth-order valence-electron chi connectivity index (χ4n) is 3.11. The molecule has 1 heterocycles. The minimum absolute atomic E-state index is 0.109. The monoisotopic (exact) mass is 410 g/mol. The van der Waals surface area contributed by atoms with Crippen LogP contribution in [0.4, 0.5) is 22.0 Å². The molecule has 0 aliphatic carbocycles. The SMILES string of the molecule is O=C(NCc1ccc(C(F)(F)F)cc1)C1=CCCN(Cc2ccc(F)c(F)c2)C1. The highest BCUT2D eigenvalue weighted by Crippen LogP contribution is 2.29. The molecule has 2 aromatic rings. The summed E-state index contributed by atoms with van der Waals surface area (Å²) in [6.45, 7) is 1.50. The summed E-state index contributed by atoms with van der Waals surface area (Å²) in [4.78, 5) is 14.3. The molecule has 0 saturated heterocycles. The predicted molar refractivity (Wildman–Crippen MR) is 97.6 cm³/mol. The Balaban J connectivity index is 1.54. The van der Waals surface area contributed by atoms with Crippen molar-refractivity contribution in [2.75, 3.05) is 13.1 Å². The highest BCUT2D eigenvalue weighted by atomic mass is 19.4. The minimum Gasteiger partial charge on any atom is -0.348 e. The van der Waals surface area contributed by atoms with Gasteiger partial charge in [-0.2, -0.15) is 13.2 Å². The molecule has 1 N–H and O–H groups in total. The van der Waals surface area contributed by atoms with Gasteiger partial charge in [-0.3, -0.25) is 9.69 Å². The highest BCUT2D eigenvalue weighted by molar-refractivity contribution is 5.93. The summed E-state index contributed by atoms with van der Waals surface area (Å²) in [5.41, 5.74) is 0.956. The number of alkyl halides is 3. The van der Waals surface area contributed by atoms with Crippen molar-refractivity contribution in [2.24, 2.45) is 0 Å². The van der Waals surface area contributed by atoms with Crippen LogP contribution in [0, 0.1) is 11.6 Å². The Morgan fingerprint density at radius 1 is 1.00 bits per heavy atom. The molecule has 0 spiro atoms. The third-order valence-electron chi connectivity index (χ3n) is 4.65. The topological polar surface area (TPSA) is 32.3 Å². The molecule has 0 unspecified atom stereocenters. The van der Waals surface area contributed by atoms with Gasteiger partial charge in [0.1, 0.15) is 0 Å². The second-order valence-corrected chi connectivity index (χ2v) is 6.85. The van der Waals surface area contributed by atoms with E-state index in [9.17, 15) is 26.7 Å². The lowest BCUT2D eigenvalue weighted by Gasteiger charge is -2.27. The van der Waals surface area contributed by atoms with Gasteiger partial charge in [0, 0.05) is 31.8 Å². The average Bonchev–Trinajstić information content (AvgIpc) is 2.69. The van der Waals surface area contributed by atoms with Crippen molar-refractivity contribution in [3.05, 3.63) is 82.4 Å². The molecule has 0 fully saturated rings. The Labute approximate surface area is 164 Å². The van der Waals surface area contributed by atoms with Gasteiger partial charge in [0.15, 0.2) is 11.6 Å². The minimum atomic E-state index is -4.40. The molecule has 0 radical (unpaired) electrons. The maximum atomic E-state index is 13.4. The molecular weight excluding hydrogens is 391 g/mol. The van der Waals surface area contributed by atoms with Crippen LogP contribution >= 0.6 is 0 Å². The van der Waals surface area contributed by atoms with Gasteiger partial charge >= 0.3 is 6.18 Å². The fourth-order valence-corrected chi connectivity index (χ4v) is 3.11. The van der Waals surface area contributed by atoms with Crippen molar-refractivity contribution in [1.82, 2.24) is 10.2 Å². The van der Waals surface area contributed by atoms with Crippen LogP contribution in [0.2, 0.25) is 0 Å². The van der Waals surface area contributed by atoms with Crippen LogP contribution in [0.25, 0.3) is 0 Å². The normalized spacial score (nSPS) is 15.1. The predicted octanol–water partition coefficient (Wildman–Crippen LogP) is 4.43. The largest absolute Gasteiger partial charge is 0.416 e. The summed E-state index contributed by atoms with van der Waals surface area (Å²) in [6.07, 6.45) is -1.96. The molecule has 1 aliphatic rings. The molecule has 1 aliphatic heterocycles. The number of carbonyl (C=O) groups excluding carboxylic acids is 1. The number of halogens is 5. The van der Waals surface area contributed by atoms with Crippen LogP contribution in [0.15, 0.2) is 54.1 Å². The number of nitrogens with one attached hydrogen (secondary N) is 1. The molecule has 154 valence electrons. The van der Waals surface area contributed by atoms with E-state index in [-0.39, 0.29) is 12.5 Å². The van der Waals surface area contributed by atoms with Crippen LogP contribution in [-0.2, 0) is 24.1 Å². The van der Waals surface area contributed by atoms with E-state index in [4.69, 9.17) is 0 Å². The zero-order valence-corrected chi connectivity index (χ0v) is 15.4. The highest BCUT2D eigenvalue weighted by Gasteiger charge is 2.29. The molecule has 0 aromatic heterocycles. The number of rotatable bonds is 5. The number of amides is 1. The first kappa shape index (κ1) is 21.0. The lowest BCUT2D eigenvalue weighted by Crippen LogP contribution is -2.36. The number of hydrogen-bond donors (Lipinski definition) is 1. The number of carbonyl (C=O) groups is 1. The lowest BCUT2D eigenvalue weighted by atomic mass is 10.1. The van der Waals surface area contributed by atoms with Crippen molar-refractivity contribution in [1.29, 1.82) is 0 Å². The molecular formula is C21H19F5N2O. The number of nitrogens with zero attached hydrogens (tertiary/aromatic N) is 1. The van der Waals surface area contributed by atoms with E-state index in [1.54, 1.807) is 0 Å². The van der Waals surface area contributed by atoms with Crippen LogP contribution in [0.5, 0.6) is 0 Å². The summed E-state index contributed by atoms with van der Waals surface area (Å²) >= 11 is 0. The van der Waals surface area contributed by atoms with Crippen molar-refractivity contribution in [3.63, 3.8) is 0 Å². The first-order chi connectivity index (χ1) is 13.7. The third kappa shape index (κ3) is 5.63. The fraction of sp³-hybridized carbons (Fsp3) is 0.286. The summed E-state index contributed by atoms with van der Waals surface area (Å²) in [5.74, 6) is -2.12. The quantitative estimate of drug-likeness (QED) is 0.740. The Morgan fingerprint density at radius 3 is 2.34 bits per heavy atom. The van der Waals surface area contributed by atoms with Gasteiger partial charge < -0.3 is 5.32 Å². The van der Waals surface area contributed by atoms with Crippen molar-refractivity contribution < 1.29 is 26.7 Å². The Hall–Kier alpha value is -2.74. The Morgan fingerprint density at radius 2 is 1.69 bits per heavy atom. The van der Waals surface area contributed by atoms with Gasteiger partial charge in [0.2, 0.25) is 5.91 Å². The standard InChI is InChI=1S/C21H19F5N2O/c22-18-8-5-15(10-19(18)23)12-28-9-1-2-16(13-28)20(29)27-11-14-3-6-17(7-4-14)21(24,25)26/h2-8,10H,1,9,11-13H2,(H,27,29). The smallest absolute Gasteiger partial charge is 0.348 e. The van der Waals surface area contributed by atoms with E-state index in [0.29, 0.717) is 42.8 Å². The van der Waals surface area contributed by atoms with Gasteiger partial charge in [-0.1, -0.05) is 24.3 Å². The molecule has 29 heavy (non-hydrogen) atoms. The number of hydrogen-bond acceptors (Lipinski definition) is 2. The molecule has 0 atom stereocenters. The average molecular weight is 410 g/mol. The zero-order valence-electron chi connectivity index (χ0n) is 15.4. The maximum absolute atomic E-state index is 13.4. The van der Waals surface area contributed by atoms with E-state index in [1.165, 1.54) is 18.2 Å². The Bertz CT molecular complexity index is 906. The van der Waals surface area contributed by atoms with Gasteiger partial charge in [-0.15, -0.1) is 0 Å². The van der Waals surface area contributed by atoms with Crippen LogP contribution in [0.1, 0.15) is 23.1 Å². The van der Waals surface area contributed by atoms with Crippen LogP contribution < -0.4 is 5.32 Å². The first-order valence-corrected chi connectivity index (χ1v) is 9.02. The van der Waals surface area contributed by atoms with Crippen LogP contribution in [-0.4, -0.2) is 23.9 Å². The van der Waals surface area contributed by atoms with Gasteiger partial charge in [-0.25, -0.2) is 8.78 Å². The summed E-state index contributed by atoms with van der Waals surface area (Å²) in [7, 11) is 0. The van der Waals surface area contributed by atoms with Gasteiger partial charge in [-0.05, 0) is 41.8 Å². The van der Waals surface area contributed by atoms with E-state index in [2.05, 4.69) is 5.32 Å². The van der Waals surface area contributed by atoms with Crippen molar-refractivity contribution in [2.45, 2.75) is 25.7 Å². The summed E-state index contributed by atoms with van der Waals surface area (Å²) in [5, 5.41) is 2.70. The van der Waals surface area contributed by atoms with Crippen molar-refractivity contribution >= 4 is 5.91 Å². The summed E-state index contributed by atoms with van der Waals surface area (Å²) < 4.78 is 64.2. The molecule has 1 amide bonds. The molecule has 3 nitrogen and oxygen atoms in total. The van der Waals surface area contributed by atoms with E-state index >= 15 is 0 Å². The second-order valence-electron chi connectivity index (χ2n) is 6.85. The van der Waals surface area contributed by atoms with E-state index in [0.717, 1.165) is 24.3 Å². The second kappa shape index (κ2) is 8.73. The van der Waals surface area contributed by atoms with E-state index < -0.39 is 23.4 Å². The van der Waals surface area contributed by atoms with Crippen molar-refractivity contribution in [3.8, 4) is 0 Å². The number of benzene rings is 2. The third-order valence-corrected chi connectivity index (χ3v) is 4.65. The van der Waals surface area contributed by atoms with Gasteiger partial charge in [0.25, 0.3) is 0 Å². The first-order valence-electron chi connectivity index (χ1n) is 9.02. The molecule has 0 bridgehead atoms. The molecule has 3 rings (SSSR count). The molecule has 0 saturated carbocycles. The Kier molecular flexibility index (Phi) is 6.32. The molecule has 2 aromatic carbocycles.